The highest BCUT2D eigenvalue weighted by atomic mass is 32.2. The summed E-state index contributed by atoms with van der Waals surface area (Å²) < 4.78 is 38.3. The van der Waals surface area contributed by atoms with Crippen molar-refractivity contribution in [2.24, 2.45) is 16.7 Å². The molecule has 3 aliphatic carbocycles. The lowest BCUT2D eigenvalue weighted by atomic mass is 9.45. The van der Waals surface area contributed by atoms with Crippen LogP contribution in [0.3, 0.4) is 0 Å². The second-order valence-corrected chi connectivity index (χ2v) is 25.3. The van der Waals surface area contributed by atoms with Crippen molar-refractivity contribution in [1.82, 2.24) is 5.32 Å². The number of Topliss-reactive ketones (excluding diaryl/α,β-unsaturated/α-hetero) is 1. The van der Waals surface area contributed by atoms with E-state index >= 15 is 9.59 Å². The lowest BCUT2D eigenvalue weighted by Crippen LogP contribution is -2.81. The third-order valence-corrected chi connectivity index (χ3v) is 16.4. The minimum absolute atomic E-state index is 0.151. The molecule has 14 nitrogen and oxygen atoms in total. The molecule has 1 saturated heterocycles. The Kier molecular flexibility index (Phi) is 13.9. The lowest BCUT2D eigenvalue weighted by molar-refractivity contribution is -0.331. The Labute approximate surface area is 396 Å². The van der Waals surface area contributed by atoms with E-state index in [-0.39, 0.29) is 24.2 Å². The summed E-state index contributed by atoms with van der Waals surface area (Å²) in [6.45, 7) is 14.6. The molecule has 0 spiro atoms. The fourth-order valence-corrected chi connectivity index (χ4v) is 13.1. The Morgan fingerprint density at radius 2 is 1.42 bits per heavy atom. The third-order valence-electron chi connectivity index (χ3n) is 14.2. The van der Waals surface area contributed by atoms with Crippen molar-refractivity contribution in [3.63, 3.8) is 0 Å². The van der Waals surface area contributed by atoms with Crippen LogP contribution < -0.4 is 5.32 Å². The number of carbonyl (C=O) groups excluding carboxylic acids is 6. The van der Waals surface area contributed by atoms with Crippen molar-refractivity contribution in [3.8, 4) is 0 Å². The first kappa shape index (κ1) is 49.8. The van der Waals surface area contributed by atoms with Crippen molar-refractivity contribution in [1.29, 1.82) is 0 Å². The number of hydrogen-bond donors (Lipinski definition) is 2. The van der Waals surface area contributed by atoms with Crippen LogP contribution in [-0.4, -0.2) is 109 Å². The summed E-state index contributed by atoms with van der Waals surface area (Å²) in [5.74, 6) is -5.53. The maximum absolute atomic E-state index is 16.0. The predicted octanol–water partition coefficient (Wildman–Crippen LogP) is 6.97. The van der Waals surface area contributed by atoms with Gasteiger partial charge in [0.25, 0.3) is 5.91 Å². The molecule has 358 valence electrons. The van der Waals surface area contributed by atoms with Gasteiger partial charge in [0.1, 0.15) is 23.9 Å². The van der Waals surface area contributed by atoms with Gasteiger partial charge < -0.3 is 38.5 Å². The van der Waals surface area contributed by atoms with Gasteiger partial charge in [-0.15, -0.1) is 0 Å². The maximum Gasteiger partial charge on any atom is 0.338 e. The molecule has 3 fully saturated rings. The zero-order valence-electron chi connectivity index (χ0n) is 39.7. The molecule has 2 N–H and O–H groups in total. The van der Waals surface area contributed by atoms with Gasteiger partial charge >= 0.3 is 23.9 Å². The monoisotopic (exact) mass is 955 g/mol. The zero-order chi connectivity index (χ0) is 48.9. The van der Waals surface area contributed by atoms with Crippen LogP contribution in [0, 0.1) is 16.7 Å². The van der Waals surface area contributed by atoms with Crippen molar-refractivity contribution >= 4 is 55.6 Å². The van der Waals surface area contributed by atoms with Gasteiger partial charge in [0.2, 0.25) is 0 Å². The fourth-order valence-electron chi connectivity index (χ4n) is 11.0. The first-order chi connectivity index (χ1) is 31.5. The molecule has 16 heteroatoms. The highest BCUT2D eigenvalue weighted by Crippen LogP contribution is 2.66. The lowest BCUT2D eigenvalue weighted by Gasteiger charge is -2.68. The summed E-state index contributed by atoms with van der Waals surface area (Å²) in [4.78, 5) is 86.1. The van der Waals surface area contributed by atoms with E-state index in [9.17, 15) is 24.3 Å². The molecule has 1 aliphatic heterocycles. The first-order valence-corrected chi connectivity index (χ1v) is 27.2. The van der Waals surface area contributed by atoms with Crippen LogP contribution in [0.1, 0.15) is 86.7 Å². The number of carbonyl (C=O) groups is 6. The van der Waals surface area contributed by atoms with Crippen LogP contribution in [0.15, 0.2) is 102 Å². The van der Waals surface area contributed by atoms with Crippen LogP contribution in [0.5, 0.6) is 0 Å². The van der Waals surface area contributed by atoms with Gasteiger partial charge in [0.05, 0.1) is 29.5 Å². The molecule has 2 bridgehead atoms. The molecule has 11 atom stereocenters. The second kappa shape index (κ2) is 18.7. The standard InChI is InChI=1S/C51H61NO13SSi/c1-29-35(62-47(58)41(65-67(8,9)10)39(32-20-14-11-15-21-32)52-45(56)33-22-16-12-17-23-33)27-51(59)44(63-46(57)34-24-18-13-19-25-34)42-49(6,43(55)40(61-30(2)53)38(29)48(51,4)5)37(66-7)26-36-50(42,28-60-36)64-31(3)54/h11-25,35-37,39-42,44,59H,26-28H2,1-10H3,(H,52,56)/t35?,36?,37?,39?,40?,41?,42?,44?,49-,50?,51?/m1/s1. The molecule has 3 aromatic rings. The molecule has 10 unspecified atom stereocenters. The van der Waals surface area contributed by atoms with Gasteiger partial charge in [-0.05, 0) is 80.2 Å². The third kappa shape index (κ3) is 9.03. The molecular formula is C51H61NO13SSi. The van der Waals surface area contributed by atoms with Gasteiger partial charge in [0.15, 0.2) is 31.9 Å². The molecule has 1 amide bonds. The molecule has 0 radical (unpaired) electrons. The Morgan fingerprint density at radius 1 is 0.836 bits per heavy atom. The van der Waals surface area contributed by atoms with E-state index in [1.807, 2.05) is 25.9 Å². The van der Waals surface area contributed by atoms with Gasteiger partial charge in [0, 0.05) is 36.5 Å². The van der Waals surface area contributed by atoms with E-state index in [0.29, 0.717) is 16.7 Å². The highest BCUT2D eigenvalue weighted by molar-refractivity contribution is 7.99. The summed E-state index contributed by atoms with van der Waals surface area (Å²) >= 11 is 1.36. The topological polar surface area (TPSA) is 190 Å². The predicted molar refractivity (Wildman–Crippen MR) is 251 cm³/mol. The molecule has 7 rings (SSSR count). The number of nitrogens with one attached hydrogen (secondary N) is 1. The number of fused-ring (bicyclic) bond motifs is 5. The van der Waals surface area contributed by atoms with Gasteiger partial charge in [-0.1, -0.05) is 87.5 Å². The average molecular weight is 956 g/mol. The van der Waals surface area contributed by atoms with E-state index in [1.165, 1.54) is 25.6 Å². The molecule has 67 heavy (non-hydrogen) atoms. The minimum atomic E-state index is -2.66. The number of hydrogen-bond acceptors (Lipinski definition) is 14. The smallest absolute Gasteiger partial charge is 0.338 e. The van der Waals surface area contributed by atoms with Crippen LogP contribution in [0.4, 0.5) is 0 Å². The number of aliphatic hydroxyl groups is 1. The van der Waals surface area contributed by atoms with Crippen molar-refractivity contribution in [3.05, 3.63) is 119 Å². The van der Waals surface area contributed by atoms with E-state index < -0.39 is 120 Å². The molecular weight excluding hydrogens is 895 g/mol. The first-order valence-electron chi connectivity index (χ1n) is 22.5. The second-order valence-electron chi connectivity index (χ2n) is 19.8. The van der Waals surface area contributed by atoms with Crippen LogP contribution in [0.2, 0.25) is 19.6 Å². The number of ether oxygens (including phenoxy) is 5. The minimum Gasteiger partial charge on any atom is -0.456 e. The van der Waals surface area contributed by atoms with Gasteiger partial charge in [-0.2, -0.15) is 11.8 Å². The molecule has 0 aromatic heterocycles. The van der Waals surface area contributed by atoms with Crippen LogP contribution in [0.25, 0.3) is 0 Å². The molecule has 1 heterocycles. The summed E-state index contributed by atoms with van der Waals surface area (Å²) in [7, 11) is -2.66. The Hall–Kier alpha value is -5.13. The Bertz CT molecular complexity index is 2430. The molecule has 3 aromatic carbocycles. The number of amides is 1. The van der Waals surface area contributed by atoms with Crippen molar-refractivity contribution in [2.75, 3.05) is 12.9 Å². The zero-order valence-corrected chi connectivity index (χ0v) is 41.5. The largest absolute Gasteiger partial charge is 0.456 e. The summed E-state index contributed by atoms with van der Waals surface area (Å²) in [5.41, 5.74) is -5.52. The van der Waals surface area contributed by atoms with E-state index in [4.69, 9.17) is 28.1 Å². The van der Waals surface area contributed by atoms with Crippen molar-refractivity contribution < 1.29 is 62.0 Å². The maximum atomic E-state index is 16.0. The molecule has 2 saturated carbocycles. The fraction of sp³-hybridized carbons (Fsp3) is 0.490. The summed E-state index contributed by atoms with van der Waals surface area (Å²) in [5, 5.41) is 16.5. The average Bonchev–Trinajstić information content (AvgIpc) is 3.27. The van der Waals surface area contributed by atoms with E-state index in [0.717, 1.165) is 0 Å². The summed E-state index contributed by atoms with van der Waals surface area (Å²) in [6.07, 6.45) is -5.20. The van der Waals surface area contributed by atoms with E-state index in [2.05, 4.69) is 5.32 Å². The van der Waals surface area contributed by atoms with Crippen LogP contribution >= 0.6 is 11.8 Å². The Balaban J connectivity index is 1.44. The number of esters is 4. The normalized spacial score (nSPS) is 30.6. The number of ketones is 1. The van der Waals surface area contributed by atoms with Crippen LogP contribution in [-0.2, 0) is 47.3 Å². The molecule has 4 aliphatic rings. The summed E-state index contributed by atoms with van der Waals surface area (Å²) in [6, 6.07) is 24.5. The van der Waals surface area contributed by atoms with Gasteiger partial charge in [-0.25, -0.2) is 9.59 Å². The quantitative estimate of drug-likeness (QED) is 0.0774. The highest BCUT2D eigenvalue weighted by Gasteiger charge is 2.78. The van der Waals surface area contributed by atoms with Gasteiger partial charge in [-0.3, -0.25) is 19.2 Å². The number of rotatable bonds is 13. The SMILES string of the molecule is CSC1CC2OCC2(OC(C)=O)C2C(OC(=O)c3ccccc3)C3(O)CC(OC(=O)C(O[Si](C)(C)C)C(NC(=O)c4ccccc4)c4ccccc4)C(C)=C(C(OC(C)=O)C(=O)[C@]12C)C3(C)C. The Morgan fingerprint density at radius 3 is 1.94 bits per heavy atom. The number of thioether (sulfide) groups is 1. The number of benzene rings is 3. The van der Waals surface area contributed by atoms with Crippen molar-refractivity contribution in [2.45, 2.75) is 127 Å². The van der Waals surface area contributed by atoms with E-state index in [1.54, 1.807) is 119 Å².